The lowest BCUT2D eigenvalue weighted by atomic mass is 10.3. The molecule has 0 saturated carbocycles. The molecule has 35 heavy (non-hydrogen) atoms. The second kappa shape index (κ2) is 13.8. The molecule has 3 amide bonds. The summed E-state index contributed by atoms with van der Waals surface area (Å²) in [6.45, 7) is -0.320. The SMILES string of the molecule is COC(=O)[C@@H](O)CNc1cc(C(N)=O)nc(Cl)n1.NC(=O)c1cc(NC[C@H](O)C(N)=O)nc(Cl)n1. The van der Waals surface area contributed by atoms with E-state index in [-0.39, 0.29) is 46.7 Å². The number of aliphatic hydroxyl groups excluding tert-OH is 2. The summed E-state index contributed by atoms with van der Waals surface area (Å²) < 4.78 is 4.32. The zero-order valence-electron chi connectivity index (χ0n) is 17.9. The van der Waals surface area contributed by atoms with E-state index in [0.717, 1.165) is 7.11 Å². The lowest BCUT2D eigenvalue weighted by molar-refractivity contribution is -0.149. The molecule has 16 nitrogen and oxygen atoms in total. The summed E-state index contributed by atoms with van der Waals surface area (Å²) in [5, 5.41) is 23.3. The molecule has 0 fully saturated rings. The van der Waals surface area contributed by atoms with Gasteiger partial charge in [-0.25, -0.2) is 24.7 Å². The Labute approximate surface area is 207 Å². The minimum absolute atomic E-state index is 0.0787. The van der Waals surface area contributed by atoms with Crippen molar-refractivity contribution in [2.75, 3.05) is 30.8 Å². The van der Waals surface area contributed by atoms with Crippen LogP contribution in [0.25, 0.3) is 0 Å². The molecule has 18 heteroatoms. The van der Waals surface area contributed by atoms with Gasteiger partial charge < -0.3 is 42.8 Å². The van der Waals surface area contributed by atoms with Gasteiger partial charge in [-0.15, -0.1) is 0 Å². The number of carbonyl (C=O) groups excluding carboxylic acids is 4. The summed E-state index contributed by atoms with van der Waals surface area (Å²) in [4.78, 5) is 57.9. The van der Waals surface area contributed by atoms with Crippen molar-refractivity contribution in [2.45, 2.75) is 12.2 Å². The van der Waals surface area contributed by atoms with Crippen LogP contribution in [0.2, 0.25) is 10.6 Å². The Morgan fingerprint density at radius 2 is 1.26 bits per heavy atom. The number of nitrogens with zero attached hydrogens (tertiary/aromatic N) is 4. The number of hydrogen-bond acceptors (Lipinski definition) is 13. The Bertz CT molecular complexity index is 1090. The average molecular weight is 534 g/mol. The predicted octanol–water partition coefficient (Wildman–Crippen LogP) is -2.34. The van der Waals surface area contributed by atoms with Gasteiger partial charge in [0.15, 0.2) is 6.10 Å². The van der Waals surface area contributed by atoms with Crippen LogP contribution in [0.5, 0.6) is 0 Å². The smallest absolute Gasteiger partial charge is 0.336 e. The largest absolute Gasteiger partial charge is 0.467 e. The third-order valence-corrected chi connectivity index (χ3v) is 4.00. The molecule has 0 aromatic carbocycles. The first-order chi connectivity index (χ1) is 16.3. The summed E-state index contributed by atoms with van der Waals surface area (Å²) in [6, 6.07) is 2.49. The van der Waals surface area contributed by atoms with E-state index >= 15 is 0 Å². The first-order valence-electron chi connectivity index (χ1n) is 9.23. The molecule has 0 radical (unpaired) electrons. The van der Waals surface area contributed by atoms with E-state index in [1.165, 1.54) is 12.1 Å². The van der Waals surface area contributed by atoms with Gasteiger partial charge in [0.2, 0.25) is 16.5 Å². The van der Waals surface area contributed by atoms with Gasteiger partial charge in [-0.1, -0.05) is 0 Å². The van der Waals surface area contributed by atoms with Crippen molar-refractivity contribution in [1.82, 2.24) is 19.9 Å². The fourth-order valence-corrected chi connectivity index (χ4v) is 2.36. The van der Waals surface area contributed by atoms with E-state index in [0.29, 0.717) is 0 Å². The van der Waals surface area contributed by atoms with Crippen molar-refractivity contribution in [3.05, 3.63) is 34.1 Å². The average Bonchev–Trinajstić information content (AvgIpc) is 2.79. The van der Waals surface area contributed by atoms with E-state index in [2.05, 4.69) is 35.3 Å². The van der Waals surface area contributed by atoms with Gasteiger partial charge in [0.05, 0.1) is 20.2 Å². The van der Waals surface area contributed by atoms with Crippen molar-refractivity contribution in [3.8, 4) is 0 Å². The quantitative estimate of drug-likeness (QED) is 0.124. The first kappa shape index (κ1) is 29.2. The number of ether oxygens (including phenoxy) is 1. The van der Waals surface area contributed by atoms with Crippen LogP contribution in [0, 0.1) is 0 Å². The second-order valence-corrected chi connectivity index (χ2v) is 6.94. The summed E-state index contributed by atoms with van der Waals surface area (Å²) in [6.07, 6.45) is -2.73. The normalized spacial score (nSPS) is 11.8. The number of anilines is 2. The minimum Gasteiger partial charge on any atom is -0.467 e. The molecule has 10 N–H and O–H groups in total. The van der Waals surface area contributed by atoms with Crippen molar-refractivity contribution < 1.29 is 34.1 Å². The Morgan fingerprint density at radius 3 is 1.60 bits per heavy atom. The number of rotatable bonds is 10. The van der Waals surface area contributed by atoms with Crippen LogP contribution in [0.1, 0.15) is 21.0 Å². The molecule has 0 saturated heterocycles. The maximum absolute atomic E-state index is 10.9. The molecule has 0 aliphatic heterocycles. The highest BCUT2D eigenvalue weighted by atomic mass is 35.5. The number of esters is 1. The monoisotopic (exact) mass is 533 g/mol. The van der Waals surface area contributed by atoms with Gasteiger partial charge in [-0.05, 0) is 23.2 Å². The standard InChI is InChI=1S/C9H11ClN4O4.C8H10ClN5O3/c1-18-8(17)5(15)3-12-6-2-4(7(11)16)13-9(10)14-6;9-8-13-3(6(10)16)1-5(14-8)12-2-4(15)7(11)17/h2,5,15H,3H2,1H3,(H2,11,16)(H,12,13,14);1,4,15H,2H2,(H2,10,16)(H2,11,17)(H,12,13,14)/t5-;4-/m00/s1. The molecule has 2 aromatic rings. The fourth-order valence-electron chi connectivity index (χ4n) is 1.99. The van der Waals surface area contributed by atoms with Crippen LogP contribution in [-0.4, -0.2) is 86.2 Å². The number of methoxy groups -OCH3 is 1. The molecule has 2 atom stereocenters. The van der Waals surface area contributed by atoms with Crippen molar-refractivity contribution in [2.24, 2.45) is 17.2 Å². The zero-order valence-corrected chi connectivity index (χ0v) is 19.4. The molecule has 0 aliphatic carbocycles. The predicted molar refractivity (Wildman–Crippen MR) is 121 cm³/mol. The Balaban J connectivity index is 0.000000351. The van der Waals surface area contributed by atoms with Crippen LogP contribution in [0.4, 0.5) is 11.6 Å². The highest BCUT2D eigenvalue weighted by Gasteiger charge is 2.16. The lowest BCUT2D eigenvalue weighted by Crippen LogP contribution is -2.34. The number of nitrogens with one attached hydrogen (secondary N) is 2. The summed E-state index contributed by atoms with van der Waals surface area (Å²) in [7, 11) is 1.15. The van der Waals surface area contributed by atoms with E-state index in [4.69, 9.17) is 45.5 Å². The highest BCUT2D eigenvalue weighted by molar-refractivity contribution is 6.28. The molecular weight excluding hydrogens is 513 g/mol. The van der Waals surface area contributed by atoms with Gasteiger partial charge in [-0.2, -0.15) is 0 Å². The molecule has 0 spiro atoms. The van der Waals surface area contributed by atoms with Gasteiger partial charge in [0.25, 0.3) is 11.8 Å². The molecule has 2 rings (SSSR count). The molecule has 0 unspecified atom stereocenters. The van der Waals surface area contributed by atoms with Crippen molar-refractivity contribution in [3.63, 3.8) is 0 Å². The molecule has 2 heterocycles. The van der Waals surface area contributed by atoms with Gasteiger partial charge in [-0.3, -0.25) is 14.4 Å². The first-order valence-corrected chi connectivity index (χ1v) is 9.99. The van der Waals surface area contributed by atoms with Crippen LogP contribution in [0.3, 0.4) is 0 Å². The molecule has 0 aliphatic rings. The maximum atomic E-state index is 10.9. The lowest BCUT2D eigenvalue weighted by Gasteiger charge is -2.10. The Morgan fingerprint density at radius 1 is 0.857 bits per heavy atom. The van der Waals surface area contributed by atoms with Gasteiger partial charge in [0, 0.05) is 12.1 Å². The highest BCUT2D eigenvalue weighted by Crippen LogP contribution is 2.11. The molecule has 2 aromatic heterocycles. The summed E-state index contributed by atoms with van der Waals surface area (Å²) in [5.41, 5.74) is 14.7. The third kappa shape index (κ3) is 10.3. The van der Waals surface area contributed by atoms with E-state index < -0.39 is 35.9 Å². The van der Waals surface area contributed by atoms with Crippen molar-refractivity contribution >= 4 is 58.5 Å². The van der Waals surface area contributed by atoms with Crippen LogP contribution >= 0.6 is 23.2 Å². The van der Waals surface area contributed by atoms with E-state index in [9.17, 15) is 24.3 Å². The van der Waals surface area contributed by atoms with Gasteiger partial charge in [0.1, 0.15) is 29.1 Å². The number of carbonyl (C=O) groups is 4. The number of aliphatic hydroxyl groups is 2. The number of primary amides is 3. The summed E-state index contributed by atoms with van der Waals surface area (Å²) >= 11 is 11.1. The molecular formula is C17H21Cl2N9O7. The van der Waals surface area contributed by atoms with Crippen LogP contribution < -0.4 is 27.8 Å². The zero-order chi connectivity index (χ0) is 26.7. The maximum Gasteiger partial charge on any atom is 0.336 e. The number of amides is 3. The fraction of sp³-hybridized carbons (Fsp3) is 0.294. The summed E-state index contributed by atoms with van der Waals surface area (Å²) in [5.74, 6) is -2.90. The minimum atomic E-state index is -1.37. The molecule has 0 bridgehead atoms. The van der Waals surface area contributed by atoms with E-state index in [1.54, 1.807) is 0 Å². The van der Waals surface area contributed by atoms with Crippen LogP contribution in [-0.2, 0) is 14.3 Å². The third-order valence-electron chi connectivity index (χ3n) is 3.66. The van der Waals surface area contributed by atoms with Crippen molar-refractivity contribution in [1.29, 1.82) is 0 Å². The number of halogens is 2. The second-order valence-electron chi connectivity index (χ2n) is 6.26. The van der Waals surface area contributed by atoms with E-state index in [1.807, 2.05) is 0 Å². The molecule has 190 valence electrons. The number of aromatic nitrogens is 4. The Kier molecular flexibility index (Phi) is 11.5. The number of hydrogen-bond donors (Lipinski definition) is 7. The van der Waals surface area contributed by atoms with Gasteiger partial charge >= 0.3 is 5.97 Å². The Hall–Kier alpha value is -3.86. The number of nitrogens with two attached hydrogens (primary N) is 3. The topological polar surface area (TPSA) is 272 Å². The van der Waals surface area contributed by atoms with Crippen LogP contribution in [0.15, 0.2) is 12.1 Å².